The molecule has 5 N–H and O–H groups in total. The third-order valence-corrected chi connectivity index (χ3v) is 2.52. The highest BCUT2D eigenvalue weighted by Gasteiger charge is 2.69. The normalized spacial score (nSPS) is 31.9. The van der Waals surface area contributed by atoms with Crippen LogP contribution in [0.1, 0.15) is 6.42 Å². The number of carboxylic acid groups (broad SMARTS) is 3. The van der Waals surface area contributed by atoms with Gasteiger partial charge in [-0.15, -0.1) is 0 Å². The predicted octanol–water partition coefficient (Wildman–Crippen LogP) is -1.43. The van der Waals surface area contributed by atoms with E-state index in [1.54, 1.807) is 0 Å². The molecule has 0 aliphatic heterocycles. The fraction of sp³-hybridized carbons (Fsp3) is 0.571. The molecule has 0 spiro atoms. The second kappa shape index (κ2) is 2.95. The summed E-state index contributed by atoms with van der Waals surface area (Å²) in [5.74, 6) is -5.51. The van der Waals surface area contributed by atoms with Gasteiger partial charge in [0.2, 0.25) is 0 Å². The summed E-state index contributed by atoms with van der Waals surface area (Å²) in [6, 6.07) is -1.68. The molecule has 0 saturated heterocycles. The van der Waals surface area contributed by atoms with Gasteiger partial charge in [-0.2, -0.15) is 0 Å². The van der Waals surface area contributed by atoms with Crippen LogP contribution < -0.4 is 5.73 Å². The maximum absolute atomic E-state index is 10.7. The minimum absolute atomic E-state index is 0.231. The van der Waals surface area contributed by atoms with E-state index in [-0.39, 0.29) is 6.42 Å². The molecule has 1 saturated carbocycles. The van der Waals surface area contributed by atoms with Crippen LogP contribution in [0.15, 0.2) is 0 Å². The molecule has 7 nitrogen and oxygen atoms in total. The second-order valence-electron chi connectivity index (χ2n) is 3.26. The van der Waals surface area contributed by atoms with Crippen molar-refractivity contribution >= 4 is 17.9 Å². The Labute approximate surface area is 78.1 Å². The number of nitrogens with two attached hydrogens (primary N) is 1. The Hall–Kier alpha value is -1.63. The van der Waals surface area contributed by atoms with E-state index < -0.39 is 35.3 Å². The van der Waals surface area contributed by atoms with Gasteiger partial charge in [0, 0.05) is 0 Å². The van der Waals surface area contributed by atoms with Crippen molar-refractivity contribution in [2.24, 2.45) is 17.1 Å². The van der Waals surface area contributed by atoms with Gasteiger partial charge in [0.05, 0.1) is 5.92 Å². The monoisotopic (exact) mass is 203 g/mol. The lowest BCUT2D eigenvalue weighted by Gasteiger charge is -2.15. The van der Waals surface area contributed by atoms with E-state index in [0.29, 0.717) is 0 Å². The Morgan fingerprint density at radius 1 is 1.29 bits per heavy atom. The smallest absolute Gasteiger partial charge is 0.321 e. The van der Waals surface area contributed by atoms with Crippen LogP contribution in [0.2, 0.25) is 0 Å². The number of carbonyl (C=O) groups is 3. The van der Waals surface area contributed by atoms with E-state index >= 15 is 0 Å². The maximum Gasteiger partial charge on any atom is 0.321 e. The lowest BCUT2D eigenvalue weighted by molar-refractivity contribution is -0.155. The van der Waals surface area contributed by atoms with Crippen molar-refractivity contribution in [1.29, 1.82) is 0 Å². The summed E-state index contributed by atoms with van der Waals surface area (Å²) in [7, 11) is 0. The third kappa shape index (κ3) is 1.22. The van der Waals surface area contributed by atoms with Crippen molar-refractivity contribution in [2.75, 3.05) is 0 Å². The van der Waals surface area contributed by atoms with Crippen molar-refractivity contribution in [2.45, 2.75) is 12.5 Å². The Kier molecular flexibility index (Phi) is 2.20. The highest BCUT2D eigenvalue weighted by Crippen LogP contribution is 2.55. The van der Waals surface area contributed by atoms with E-state index in [4.69, 9.17) is 21.1 Å². The van der Waals surface area contributed by atoms with E-state index in [9.17, 15) is 14.4 Å². The summed E-state index contributed by atoms with van der Waals surface area (Å²) in [5, 5.41) is 25.8. The van der Waals surface area contributed by atoms with Gasteiger partial charge < -0.3 is 21.1 Å². The van der Waals surface area contributed by atoms with Crippen LogP contribution in [-0.2, 0) is 14.4 Å². The minimum atomic E-state index is -1.84. The average molecular weight is 203 g/mol. The van der Waals surface area contributed by atoms with Crippen molar-refractivity contribution in [3.63, 3.8) is 0 Å². The number of aliphatic carboxylic acids is 3. The minimum Gasteiger partial charge on any atom is -0.481 e. The van der Waals surface area contributed by atoms with Crippen LogP contribution in [0, 0.1) is 11.3 Å². The molecule has 0 amide bonds. The molecule has 14 heavy (non-hydrogen) atoms. The van der Waals surface area contributed by atoms with E-state index in [2.05, 4.69) is 0 Å². The zero-order chi connectivity index (χ0) is 11.1. The van der Waals surface area contributed by atoms with E-state index in [1.165, 1.54) is 0 Å². The average Bonchev–Trinajstić information content (AvgIpc) is 2.78. The highest BCUT2D eigenvalue weighted by molar-refractivity contribution is 5.95. The lowest BCUT2D eigenvalue weighted by Crippen LogP contribution is -2.45. The first-order valence-corrected chi connectivity index (χ1v) is 3.78. The summed E-state index contributed by atoms with van der Waals surface area (Å²) >= 11 is 0. The Morgan fingerprint density at radius 2 is 1.79 bits per heavy atom. The van der Waals surface area contributed by atoms with Crippen LogP contribution in [0.4, 0.5) is 0 Å². The van der Waals surface area contributed by atoms with Crippen molar-refractivity contribution in [1.82, 2.24) is 0 Å². The van der Waals surface area contributed by atoms with Crippen LogP contribution in [0.3, 0.4) is 0 Å². The Bertz CT molecular complexity index is 313. The lowest BCUT2D eigenvalue weighted by atomic mass is 9.94. The first-order valence-electron chi connectivity index (χ1n) is 3.78. The van der Waals surface area contributed by atoms with Gasteiger partial charge in [-0.05, 0) is 6.42 Å². The zero-order valence-electron chi connectivity index (χ0n) is 7.01. The quantitative estimate of drug-likeness (QED) is 0.439. The van der Waals surface area contributed by atoms with Gasteiger partial charge in [-0.3, -0.25) is 14.4 Å². The molecule has 0 aromatic carbocycles. The van der Waals surface area contributed by atoms with Crippen LogP contribution >= 0.6 is 0 Å². The highest BCUT2D eigenvalue weighted by atomic mass is 16.4. The SMILES string of the molecule is N[C@H](C(=O)O)C1(C(=O)O)C[C@@H]1C(=O)O. The van der Waals surface area contributed by atoms with Gasteiger partial charge >= 0.3 is 17.9 Å². The third-order valence-electron chi connectivity index (χ3n) is 2.52. The van der Waals surface area contributed by atoms with Gasteiger partial charge in [-0.1, -0.05) is 0 Å². The van der Waals surface area contributed by atoms with Crippen molar-refractivity contribution in [3.8, 4) is 0 Å². The standard InChI is InChI=1S/C7H9NO6/c8-3(5(11)12)7(6(13)14)1-2(7)4(9)10/h2-3H,1,8H2,(H,9,10)(H,11,12)(H,13,14)/t2-,3-,7?/m1/s1. The summed E-state index contributed by atoms with van der Waals surface area (Å²) in [4.78, 5) is 31.7. The molecule has 0 aromatic heterocycles. The fourth-order valence-corrected chi connectivity index (χ4v) is 1.52. The van der Waals surface area contributed by atoms with Gasteiger partial charge in [0.25, 0.3) is 0 Å². The predicted molar refractivity (Wildman–Crippen MR) is 41.4 cm³/mol. The Morgan fingerprint density at radius 3 is 2.00 bits per heavy atom. The zero-order valence-corrected chi connectivity index (χ0v) is 7.01. The number of hydrogen-bond acceptors (Lipinski definition) is 4. The molecule has 0 bridgehead atoms. The Balaban J connectivity index is 2.94. The molecule has 1 aliphatic rings. The van der Waals surface area contributed by atoms with E-state index in [0.717, 1.165) is 0 Å². The number of carboxylic acids is 3. The number of rotatable bonds is 4. The first-order chi connectivity index (χ1) is 6.34. The molecule has 1 unspecified atom stereocenters. The van der Waals surface area contributed by atoms with Gasteiger partial charge in [0.15, 0.2) is 0 Å². The van der Waals surface area contributed by atoms with Crippen LogP contribution in [0.5, 0.6) is 0 Å². The van der Waals surface area contributed by atoms with E-state index in [1.807, 2.05) is 0 Å². The first kappa shape index (κ1) is 10.5. The summed E-state index contributed by atoms with van der Waals surface area (Å²) < 4.78 is 0. The molecule has 1 rings (SSSR count). The molecule has 1 aliphatic carbocycles. The molecule has 78 valence electrons. The van der Waals surface area contributed by atoms with Crippen LogP contribution in [0.25, 0.3) is 0 Å². The van der Waals surface area contributed by atoms with Gasteiger partial charge in [0.1, 0.15) is 11.5 Å². The summed E-state index contributed by atoms with van der Waals surface area (Å²) in [5.41, 5.74) is 3.31. The second-order valence-corrected chi connectivity index (χ2v) is 3.26. The maximum atomic E-state index is 10.7. The molecule has 1 fully saturated rings. The number of hydrogen-bond donors (Lipinski definition) is 4. The fourth-order valence-electron chi connectivity index (χ4n) is 1.52. The van der Waals surface area contributed by atoms with Gasteiger partial charge in [-0.25, -0.2) is 0 Å². The summed E-state index contributed by atoms with van der Waals surface area (Å²) in [6.45, 7) is 0. The molecule has 0 radical (unpaired) electrons. The summed E-state index contributed by atoms with van der Waals surface area (Å²) in [6.07, 6.45) is -0.231. The topological polar surface area (TPSA) is 138 Å². The molecule has 3 atom stereocenters. The molecular weight excluding hydrogens is 194 g/mol. The molecule has 7 heteroatoms. The molecule has 0 heterocycles. The molecular formula is C7H9NO6. The largest absolute Gasteiger partial charge is 0.481 e. The molecule has 0 aromatic rings. The van der Waals surface area contributed by atoms with Crippen LogP contribution in [-0.4, -0.2) is 39.3 Å². The van der Waals surface area contributed by atoms with Crippen molar-refractivity contribution in [3.05, 3.63) is 0 Å². The van der Waals surface area contributed by atoms with Crippen molar-refractivity contribution < 1.29 is 29.7 Å².